The molecule has 4 nitrogen and oxygen atoms in total. The molecule has 0 saturated carbocycles. The molecule has 21 heavy (non-hydrogen) atoms. The molecule has 0 aromatic heterocycles. The van der Waals surface area contributed by atoms with E-state index in [9.17, 15) is 8.42 Å². The van der Waals surface area contributed by atoms with Gasteiger partial charge in [-0.2, -0.15) is 0 Å². The Hall–Kier alpha value is -0.910. The first kappa shape index (κ1) is 18.1. The van der Waals surface area contributed by atoms with Gasteiger partial charge < -0.3 is 5.73 Å². The van der Waals surface area contributed by atoms with Crippen LogP contribution in [0.2, 0.25) is 0 Å². The summed E-state index contributed by atoms with van der Waals surface area (Å²) in [7, 11) is -3.30. The van der Waals surface area contributed by atoms with Gasteiger partial charge in [-0.25, -0.2) is 13.1 Å². The van der Waals surface area contributed by atoms with Gasteiger partial charge in [0.1, 0.15) is 0 Å². The van der Waals surface area contributed by atoms with Crippen molar-refractivity contribution in [2.24, 2.45) is 11.1 Å². The van der Waals surface area contributed by atoms with Crippen molar-refractivity contribution in [2.75, 3.05) is 18.8 Å². The molecule has 1 aromatic carbocycles. The molecule has 0 spiro atoms. The number of rotatable bonds is 9. The monoisotopic (exact) mass is 312 g/mol. The van der Waals surface area contributed by atoms with Gasteiger partial charge in [-0.15, -0.1) is 0 Å². The first-order chi connectivity index (χ1) is 9.88. The Balaban J connectivity index is 2.66. The normalized spacial score (nSPS) is 14.1. The molecule has 3 N–H and O–H groups in total. The second kappa shape index (κ2) is 7.92. The molecule has 0 aliphatic rings. The first-order valence-corrected chi connectivity index (χ1v) is 9.25. The molecular formula is C16H28N2O2S. The van der Waals surface area contributed by atoms with Crippen LogP contribution in [-0.2, 0) is 10.0 Å². The lowest BCUT2D eigenvalue weighted by Crippen LogP contribution is -2.42. The van der Waals surface area contributed by atoms with E-state index in [0.29, 0.717) is 13.1 Å². The predicted octanol–water partition coefficient (Wildman–Crippen LogP) is 2.47. The number of hydrogen-bond acceptors (Lipinski definition) is 3. The van der Waals surface area contributed by atoms with E-state index in [0.717, 1.165) is 18.4 Å². The molecule has 0 aliphatic carbocycles. The number of sulfonamides is 1. The van der Waals surface area contributed by atoms with Gasteiger partial charge in [-0.3, -0.25) is 0 Å². The van der Waals surface area contributed by atoms with Crippen molar-refractivity contribution in [3.63, 3.8) is 0 Å². The fourth-order valence-electron chi connectivity index (χ4n) is 2.39. The second-order valence-corrected chi connectivity index (χ2v) is 7.68. The highest BCUT2D eigenvalue weighted by molar-refractivity contribution is 7.89. The van der Waals surface area contributed by atoms with E-state index in [1.165, 1.54) is 0 Å². The first-order valence-electron chi connectivity index (χ1n) is 7.60. The fourth-order valence-corrected chi connectivity index (χ4v) is 3.88. The van der Waals surface area contributed by atoms with Crippen LogP contribution in [0.25, 0.3) is 0 Å². The summed E-state index contributed by atoms with van der Waals surface area (Å²) in [5.74, 6) is 0.0738. The lowest BCUT2D eigenvalue weighted by molar-refractivity contribution is 0.275. The molecule has 0 bridgehead atoms. The van der Waals surface area contributed by atoms with Crippen molar-refractivity contribution < 1.29 is 8.42 Å². The van der Waals surface area contributed by atoms with Crippen LogP contribution in [0.4, 0.5) is 0 Å². The molecule has 1 atom stereocenters. The van der Waals surface area contributed by atoms with Crippen LogP contribution >= 0.6 is 0 Å². The summed E-state index contributed by atoms with van der Waals surface area (Å²) < 4.78 is 27.3. The topological polar surface area (TPSA) is 72.2 Å². The zero-order valence-electron chi connectivity index (χ0n) is 13.3. The summed E-state index contributed by atoms with van der Waals surface area (Å²) in [4.78, 5) is 0. The van der Waals surface area contributed by atoms with Crippen LogP contribution < -0.4 is 10.5 Å². The van der Waals surface area contributed by atoms with E-state index in [2.05, 4.69) is 18.6 Å². The fraction of sp³-hybridized carbons (Fsp3) is 0.625. The maximum atomic E-state index is 12.3. The third kappa shape index (κ3) is 5.41. The third-order valence-corrected chi connectivity index (χ3v) is 5.96. The Kier molecular flexibility index (Phi) is 6.84. The highest BCUT2D eigenvalue weighted by atomic mass is 32.2. The predicted molar refractivity (Wildman–Crippen MR) is 88.7 cm³/mol. The van der Waals surface area contributed by atoms with E-state index in [1.54, 1.807) is 0 Å². The van der Waals surface area contributed by atoms with Crippen LogP contribution in [0.5, 0.6) is 0 Å². The molecule has 1 aromatic rings. The van der Waals surface area contributed by atoms with Gasteiger partial charge >= 0.3 is 0 Å². The lowest BCUT2D eigenvalue weighted by atomic mass is 9.83. The molecule has 1 rings (SSSR count). The number of hydrogen-bond donors (Lipinski definition) is 2. The Morgan fingerprint density at radius 2 is 1.76 bits per heavy atom. The molecule has 0 saturated heterocycles. The van der Waals surface area contributed by atoms with E-state index >= 15 is 0 Å². The Morgan fingerprint density at radius 3 is 2.24 bits per heavy atom. The third-order valence-electron chi connectivity index (χ3n) is 4.44. The maximum Gasteiger partial charge on any atom is 0.212 e. The largest absolute Gasteiger partial charge is 0.330 e. The minimum Gasteiger partial charge on any atom is -0.330 e. The molecular weight excluding hydrogens is 284 g/mol. The van der Waals surface area contributed by atoms with Crippen molar-refractivity contribution in [1.82, 2.24) is 4.72 Å². The summed E-state index contributed by atoms with van der Waals surface area (Å²) in [6.45, 7) is 6.95. The molecule has 1 unspecified atom stereocenters. The lowest BCUT2D eigenvalue weighted by Gasteiger charge is -2.30. The van der Waals surface area contributed by atoms with Crippen LogP contribution in [0.1, 0.15) is 45.1 Å². The Morgan fingerprint density at radius 1 is 1.19 bits per heavy atom. The van der Waals surface area contributed by atoms with E-state index in [-0.39, 0.29) is 17.1 Å². The molecule has 0 heterocycles. The van der Waals surface area contributed by atoms with Gasteiger partial charge in [0.15, 0.2) is 0 Å². The summed E-state index contributed by atoms with van der Waals surface area (Å²) in [5, 5.41) is 0. The average Bonchev–Trinajstić information content (AvgIpc) is 2.50. The van der Waals surface area contributed by atoms with E-state index in [4.69, 9.17) is 5.73 Å². The Labute approximate surface area is 129 Å². The number of nitrogens with two attached hydrogens (primary N) is 1. The highest BCUT2D eigenvalue weighted by Gasteiger charge is 2.27. The van der Waals surface area contributed by atoms with Gasteiger partial charge in [0, 0.05) is 6.54 Å². The van der Waals surface area contributed by atoms with Gasteiger partial charge in [-0.1, -0.05) is 51.1 Å². The zero-order chi connectivity index (χ0) is 15.9. The summed E-state index contributed by atoms with van der Waals surface area (Å²) in [5.41, 5.74) is 6.72. The molecule has 0 amide bonds. The van der Waals surface area contributed by atoms with Gasteiger partial charge in [0.05, 0.1) is 5.75 Å². The van der Waals surface area contributed by atoms with Crippen molar-refractivity contribution in [2.45, 2.75) is 39.5 Å². The molecule has 0 aliphatic heterocycles. The van der Waals surface area contributed by atoms with Crippen molar-refractivity contribution in [3.05, 3.63) is 35.9 Å². The van der Waals surface area contributed by atoms with Gasteiger partial charge in [0.2, 0.25) is 10.0 Å². The van der Waals surface area contributed by atoms with Crippen LogP contribution in [0.3, 0.4) is 0 Å². The maximum absolute atomic E-state index is 12.3. The SMILES string of the molecule is CCC(CC)(CN)CNS(=O)(=O)CC(C)c1ccccc1. The average molecular weight is 312 g/mol. The summed E-state index contributed by atoms with van der Waals surface area (Å²) >= 11 is 0. The standard InChI is InChI=1S/C16H28N2O2S/c1-4-16(5-2,12-17)13-18-21(19,20)11-14(3)15-9-7-6-8-10-15/h6-10,14,18H,4-5,11-13,17H2,1-3H3. The van der Waals surface area contributed by atoms with Crippen molar-refractivity contribution >= 4 is 10.0 Å². The zero-order valence-corrected chi connectivity index (χ0v) is 14.1. The summed E-state index contributed by atoms with van der Waals surface area (Å²) in [6.07, 6.45) is 1.74. The number of nitrogens with one attached hydrogen (secondary N) is 1. The number of benzene rings is 1. The smallest absolute Gasteiger partial charge is 0.212 e. The van der Waals surface area contributed by atoms with Crippen LogP contribution in [0, 0.1) is 5.41 Å². The van der Waals surface area contributed by atoms with Gasteiger partial charge in [0.25, 0.3) is 0 Å². The molecule has 5 heteroatoms. The van der Waals surface area contributed by atoms with E-state index in [1.807, 2.05) is 37.3 Å². The van der Waals surface area contributed by atoms with E-state index < -0.39 is 10.0 Å². The van der Waals surface area contributed by atoms with Crippen LogP contribution in [0.15, 0.2) is 30.3 Å². The Bertz CT molecular complexity index is 502. The summed E-state index contributed by atoms with van der Waals surface area (Å²) in [6, 6.07) is 9.71. The minimum atomic E-state index is -3.30. The van der Waals surface area contributed by atoms with Gasteiger partial charge in [-0.05, 0) is 36.3 Å². The highest BCUT2D eigenvalue weighted by Crippen LogP contribution is 2.24. The van der Waals surface area contributed by atoms with Crippen molar-refractivity contribution in [3.8, 4) is 0 Å². The second-order valence-electron chi connectivity index (χ2n) is 5.83. The molecule has 120 valence electrons. The minimum absolute atomic E-state index is 0.0285. The molecule has 0 fully saturated rings. The van der Waals surface area contributed by atoms with Crippen molar-refractivity contribution in [1.29, 1.82) is 0 Å². The quantitative estimate of drug-likeness (QED) is 0.736. The van der Waals surface area contributed by atoms with Crippen LogP contribution in [-0.4, -0.2) is 27.3 Å². The molecule has 0 radical (unpaired) electrons.